The van der Waals surface area contributed by atoms with Crippen LogP contribution in [0.2, 0.25) is 0 Å². The van der Waals surface area contributed by atoms with Crippen LogP contribution in [0.25, 0.3) is 0 Å². The predicted molar refractivity (Wildman–Crippen MR) is 127 cm³/mol. The molecule has 0 aliphatic carbocycles. The monoisotopic (exact) mass is 462 g/mol. The molecule has 0 aliphatic heterocycles. The molecular weight excluding hydrogens is 432 g/mol. The van der Waals surface area contributed by atoms with Crippen molar-refractivity contribution < 1.29 is 24.8 Å². The first-order valence-electron chi connectivity index (χ1n) is 8.86. The van der Waals surface area contributed by atoms with Gasteiger partial charge in [0.2, 0.25) is 0 Å². The number of hydrogen-bond acceptors (Lipinski definition) is 5. The lowest BCUT2D eigenvalue weighted by molar-refractivity contribution is 0.0536. The van der Waals surface area contributed by atoms with Crippen LogP contribution in [0.3, 0.4) is 0 Å². The average Bonchev–Trinajstić information content (AvgIpc) is 2.70. The molecule has 0 aliphatic rings. The van der Waals surface area contributed by atoms with Crippen LogP contribution in [0.1, 0.15) is 25.0 Å². The van der Waals surface area contributed by atoms with E-state index in [-0.39, 0.29) is 58.1 Å². The largest absolute Gasteiger partial charge is 0.491 e. The number of aliphatic hydroxyl groups is 3. The van der Waals surface area contributed by atoms with Gasteiger partial charge in [0, 0.05) is 5.41 Å². The second-order valence-corrected chi connectivity index (χ2v) is 7.25. The van der Waals surface area contributed by atoms with Gasteiger partial charge in [0.05, 0.1) is 12.5 Å². The summed E-state index contributed by atoms with van der Waals surface area (Å²) >= 11 is 5.56. The highest BCUT2D eigenvalue weighted by Crippen LogP contribution is 2.33. The van der Waals surface area contributed by atoms with Gasteiger partial charge in [0.25, 0.3) is 0 Å². The van der Waals surface area contributed by atoms with Gasteiger partial charge in [-0.2, -0.15) is 27.0 Å². The van der Waals surface area contributed by atoms with Crippen LogP contribution in [-0.4, -0.2) is 53.2 Å². The Morgan fingerprint density at radius 1 is 0.793 bits per heavy atom. The third-order valence-corrected chi connectivity index (χ3v) is 4.78. The quantitative estimate of drug-likeness (QED) is 0.473. The summed E-state index contributed by atoms with van der Waals surface area (Å²) in [5.74, 6) is 1.47. The van der Waals surface area contributed by atoms with Crippen molar-refractivity contribution in [2.24, 2.45) is 0 Å². The van der Waals surface area contributed by atoms with E-state index in [1.807, 2.05) is 48.5 Å². The lowest BCUT2D eigenvalue weighted by Crippen LogP contribution is -2.21. The molecule has 3 N–H and O–H groups in total. The van der Waals surface area contributed by atoms with Gasteiger partial charge in [-0.05, 0) is 35.4 Å². The number of aliphatic hydroxyl groups excluding tert-OH is 3. The Morgan fingerprint density at radius 2 is 1.17 bits per heavy atom. The van der Waals surface area contributed by atoms with Crippen LogP contribution in [-0.2, 0) is 5.41 Å². The molecule has 0 heterocycles. The molecule has 5 nitrogen and oxygen atoms in total. The number of ether oxygens (including phenoxy) is 2. The van der Waals surface area contributed by atoms with Gasteiger partial charge in [-0.25, -0.2) is 0 Å². The smallest absolute Gasteiger partial charge is 0.119 e. The van der Waals surface area contributed by atoms with Crippen LogP contribution in [0.15, 0.2) is 48.5 Å². The van der Waals surface area contributed by atoms with Crippen molar-refractivity contribution in [2.75, 3.05) is 25.7 Å². The van der Waals surface area contributed by atoms with E-state index in [2.05, 4.69) is 13.8 Å². The summed E-state index contributed by atoms with van der Waals surface area (Å²) in [6.45, 7) is 4.16. The molecule has 2 rings (SSSR count). The van der Waals surface area contributed by atoms with Gasteiger partial charge in [0.1, 0.15) is 36.9 Å². The summed E-state index contributed by atoms with van der Waals surface area (Å²) in [4.78, 5) is 0. The Kier molecular flexibility index (Phi) is 12.8. The van der Waals surface area contributed by atoms with Crippen LogP contribution < -0.4 is 9.47 Å². The lowest BCUT2D eigenvalue weighted by Gasteiger charge is -2.26. The highest BCUT2D eigenvalue weighted by atomic mass is 35.5. The lowest BCUT2D eigenvalue weighted by atomic mass is 9.78. The summed E-state index contributed by atoms with van der Waals surface area (Å²) in [5, 5.41) is 27.6. The van der Waals surface area contributed by atoms with E-state index in [4.69, 9.17) is 26.2 Å². The van der Waals surface area contributed by atoms with E-state index in [1.54, 1.807) is 0 Å². The summed E-state index contributed by atoms with van der Waals surface area (Å²) in [6.07, 6.45) is -1.56. The molecule has 2 aromatic rings. The second-order valence-electron chi connectivity index (χ2n) is 6.94. The van der Waals surface area contributed by atoms with E-state index in [0.717, 1.165) is 11.1 Å². The zero-order valence-electron chi connectivity index (χ0n) is 16.6. The average molecular weight is 463 g/mol. The van der Waals surface area contributed by atoms with Gasteiger partial charge in [-0.15, -0.1) is 11.6 Å². The first-order valence-corrected chi connectivity index (χ1v) is 9.40. The van der Waals surface area contributed by atoms with Crippen LogP contribution in [0, 0.1) is 0 Å². The summed E-state index contributed by atoms with van der Waals surface area (Å²) < 4.78 is 11.0. The summed E-state index contributed by atoms with van der Waals surface area (Å²) in [7, 11) is 0. The van der Waals surface area contributed by atoms with Crippen molar-refractivity contribution in [2.45, 2.75) is 31.5 Å². The molecule has 2 atom stereocenters. The van der Waals surface area contributed by atoms with E-state index in [0.29, 0.717) is 11.5 Å². The minimum atomic E-state index is -0.882. The maximum atomic E-state index is 9.46. The number of alkyl halides is 1. The van der Waals surface area contributed by atoms with Gasteiger partial charge in [-0.3, -0.25) is 0 Å². The Labute approximate surface area is 191 Å². The number of halogens is 1. The van der Waals surface area contributed by atoms with Crippen molar-refractivity contribution in [3.8, 4) is 11.5 Å². The van der Waals surface area contributed by atoms with Crippen molar-refractivity contribution in [1.82, 2.24) is 0 Å². The molecule has 2 aromatic carbocycles. The Morgan fingerprint density at radius 3 is 1.52 bits per heavy atom. The summed E-state index contributed by atoms with van der Waals surface area (Å²) in [5.41, 5.74) is 2.01. The highest BCUT2D eigenvalue weighted by molar-refractivity contribution is 7.59. The molecule has 164 valence electrons. The number of rotatable bonds is 10. The fourth-order valence-electron chi connectivity index (χ4n) is 2.58. The Hall–Kier alpha value is -1.09. The fourth-order valence-corrected chi connectivity index (χ4v) is 2.67. The third kappa shape index (κ3) is 8.28. The van der Waals surface area contributed by atoms with Crippen LogP contribution >= 0.6 is 38.6 Å². The fraction of sp³-hybridized carbons (Fsp3) is 0.429. The molecule has 0 saturated carbocycles. The Bertz CT molecular complexity index is 636. The van der Waals surface area contributed by atoms with E-state index in [1.165, 1.54) is 0 Å². The molecule has 0 saturated heterocycles. The molecule has 0 aromatic heterocycles. The van der Waals surface area contributed by atoms with Crippen molar-refractivity contribution in [3.63, 3.8) is 0 Å². The van der Waals surface area contributed by atoms with Gasteiger partial charge < -0.3 is 24.8 Å². The van der Waals surface area contributed by atoms with Gasteiger partial charge in [-0.1, -0.05) is 38.1 Å². The minimum absolute atomic E-state index is 0. The van der Waals surface area contributed by atoms with Crippen molar-refractivity contribution in [3.05, 3.63) is 59.7 Å². The molecule has 29 heavy (non-hydrogen) atoms. The van der Waals surface area contributed by atoms with Gasteiger partial charge >= 0.3 is 0 Å². The van der Waals surface area contributed by atoms with Gasteiger partial charge in [0.15, 0.2) is 0 Å². The van der Waals surface area contributed by atoms with Crippen LogP contribution in [0.5, 0.6) is 11.5 Å². The molecule has 0 bridgehead atoms. The minimum Gasteiger partial charge on any atom is -0.491 e. The zero-order chi connectivity index (χ0) is 19.9. The number of hydrogen-bond donors (Lipinski definition) is 3. The zero-order valence-corrected chi connectivity index (χ0v) is 19.4. The SMILES string of the molecule is CC(C)(c1ccc(OCC(O)CO)cc1)c1ccc(OCC(O)CCl)cc1.S.S. The normalized spacial score (nSPS) is 12.9. The predicted octanol–water partition coefficient (Wildman–Crippen LogP) is 2.95. The Balaban J connectivity index is 0.00000392. The molecule has 2 unspecified atom stereocenters. The van der Waals surface area contributed by atoms with E-state index < -0.39 is 12.2 Å². The highest BCUT2D eigenvalue weighted by Gasteiger charge is 2.23. The van der Waals surface area contributed by atoms with Crippen molar-refractivity contribution >= 4 is 38.6 Å². The molecule has 0 radical (unpaired) electrons. The van der Waals surface area contributed by atoms with Crippen molar-refractivity contribution in [1.29, 1.82) is 0 Å². The molecule has 0 fully saturated rings. The maximum Gasteiger partial charge on any atom is 0.119 e. The summed E-state index contributed by atoms with van der Waals surface area (Å²) in [6, 6.07) is 15.5. The maximum absolute atomic E-state index is 9.46. The van der Waals surface area contributed by atoms with E-state index >= 15 is 0 Å². The molecule has 0 amide bonds. The molecule has 8 heteroatoms. The first-order chi connectivity index (χ1) is 12.9. The van der Waals surface area contributed by atoms with E-state index in [9.17, 15) is 10.2 Å². The topological polar surface area (TPSA) is 79.2 Å². The number of benzene rings is 2. The first kappa shape index (κ1) is 27.9. The second kappa shape index (κ2) is 13.3. The van der Waals surface area contributed by atoms with Crippen LogP contribution in [0.4, 0.5) is 0 Å². The molecular formula is C21H31ClO5S2. The third-order valence-electron chi connectivity index (χ3n) is 4.43. The standard InChI is InChI=1S/C21H27ClO5.2H2S/c1-21(2,15-3-7-19(8-4-15)26-13-17(24)11-22)16-5-9-20(10-6-16)27-14-18(25)12-23;;/h3-10,17-18,23-25H,11-14H2,1-2H3;2*1H2. The molecule has 0 spiro atoms.